The van der Waals surface area contributed by atoms with Crippen molar-refractivity contribution >= 4 is 11.5 Å². The maximum absolute atomic E-state index is 5.84. The van der Waals surface area contributed by atoms with Gasteiger partial charge in [-0.15, -0.1) is 0 Å². The van der Waals surface area contributed by atoms with Crippen LogP contribution in [0.15, 0.2) is 36.4 Å². The second kappa shape index (κ2) is 6.65. The van der Waals surface area contributed by atoms with Gasteiger partial charge in [0.05, 0.1) is 19.3 Å². The SMILES string of the molecule is COc1ccc(OCCNc2nc(C)ccc2N)cc1. The van der Waals surface area contributed by atoms with Crippen LogP contribution in [-0.2, 0) is 0 Å². The first kappa shape index (κ1) is 14.0. The van der Waals surface area contributed by atoms with Crippen molar-refractivity contribution in [1.82, 2.24) is 4.98 Å². The van der Waals surface area contributed by atoms with Gasteiger partial charge in [0.1, 0.15) is 23.9 Å². The molecule has 5 nitrogen and oxygen atoms in total. The zero-order chi connectivity index (χ0) is 14.4. The lowest BCUT2D eigenvalue weighted by atomic mass is 10.3. The van der Waals surface area contributed by atoms with E-state index in [0.717, 1.165) is 17.2 Å². The van der Waals surface area contributed by atoms with Gasteiger partial charge in [-0.3, -0.25) is 0 Å². The minimum Gasteiger partial charge on any atom is -0.497 e. The highest BCUT2D eigenvalue weighted by Crippen LogP contribution is 2.17. The zero-order valence-corrected chi connectivity index (χ0v) is 11.7. The van der Waals surface area contributed by atoms with Gasteiger partial charge in [0.25, 0.3) is 0 Å². The molecule has 0 aliphatic rings. The number of nitrogens with two attached hydrogens (primary N) is 1. The lowest BCUT2D eigenvalue weighted by Gasteiger charge is -2.10. The maximum Gasteiger partial charge on any atom is 0.149 e. The minimum absolute atomic E-state index is 0.529. The molecule has 0 aliphatic heterocycles. The summed E-state index contributed by atoms with van der Waals surface area (Å²) in [5, 5.41) is 3.16. The molecule has 0 saturated heterocycles. The van der Waals surface area contributed by atoms with E-state index in [4.69, 9.17) is 15.2 Å². The van der Waals surface area contributed by atoms with Crippen LogP contribution in [0.5, 0.6) is 11.5 Å². The van der Waals surface area contributed by atoms with Crippen LogP contribution in [0, 0.1) is 6.92 Å². The summed E-state index contributed by atoms with van der Waals surface area (Å²) >= 11 is 0. The van der Waals surface area contributed by atoms with Crippen molar-refractivity contribution in [3.8, 4) is 11.5 Å². The molecule has 0 amide bonds. The number of nitrogens with zero attached hydrogens (tertiary/aromatic N) is 1. The van der Waals surface area contributed by atoms with E-state index in [1.165, 1.54) is 0 Å². The van der Waals surface area contributed by atoms with Gasteiger partial charge in [0.2, 0.25) is 0 Å². The topological polar surface area (TPSA) is 69.4 Å². The molecule has 5 heteroatoms. The Kier molecular flexibility index (Phi) is 4.65. The van der Waals surface area contributed by atoms with Gasteiger partial charge in [-0.05, 0) is 43.3 Å². The summed E-state index contributed by atoms with van der Waals surface area (Å²) in [5.41, 5.74) is 7.40. The van der Waals surface area contributed by atoms with Crippen LogP contribution >= 0.6 is 0 Å². The van der Waals surface area contributed by atoms with Crippen LogP contribution in [0.4, 0.5) is 11.5 Å². The van der Waals surface area contributed by atoms with E-state index in [1.54, 1.807) is 7.11 Å². The van der Waals surface area contributed by atoms with Gasteiger partial charge in [-0.25, -0.2) is 4.98 Å². The molecule has 1 aromatic heterocycles. The monoisotopic (exact) mass is 273 g/mol. The highest BCUT2D eigenvalue weighted by molar-refractivity contribution is 5.61. The molecular weight excluding hydrogens is 254 g/mol. The molecule has 1 heterocycles. The number of aryl methyl sites for hydroxylation is 1. The summed E-state index contributed by atoms with van der Waals surface area (Å²) < 4.78 is 10.7. The number of hydrogen-bond acceptors (Lipinski definition) is 5. The van der Waals surface area contributed by atoms with Crippen molar-refractivity contribution in [2.24, 2.45) is 0 Å². The van der Waals surface area contributed by atoms with E-state index < -0.39 is 0 Å². The van der Waals surface area contributed by atoms with Crippen LogP contribution in [0.25, 0.3) is 0 Å². The average Bonchev–Trinajstić information content (AvgIpc) is 2.47. The molecular formula is C15H19N3O2. The number of rotatable bonds is 6. The Balaban J connectivity index is 1.79. The number of methoxy groups -OCH3 is 1. The van der Waals surface area contributed by atoms with Crippen molar-refractivity contribution in [3.63, 3.8) is 0 Å². The van der Waals surface area contributed by atoms with Gasteiger partial charge in [-0.1, -0.05) is 0 Å². The second-order valence-corrected chi connectivity index (χ2v) is 4.34. The van der Waals surface area contributed by atoms with E-state index in [1.807, 2.05) is 43.3 Å². The smallest absolute Gasteiger partial charge is 0.149 e. The van der Waals surface area contributed by atoms with E-state index in [-0.39, 0.29) is 0 Å². The summed E-state index contributed by atoms with van der Waals surface area (Å²) in [6.07, 6.45) is 0. The Morgan fingerprint density at radius 1 is 1.10 bits per heavy atom. The second-order valence-electron chi connectivity index (χ2n) is 4.34. The number of benzene rings is 1. The third-order valence-electron chi connectivity index (χ3n) is 2.79. The molecule has 0 radical (unpaired) electrons. The predicted molar refractivity (Wildman–Crippen MR) is 80.4 cm³/mol. The molecule has 1 aromatic carbocycles. The van der Waals surface area contributed by atoms with Crippen LogP contribution in [0.1, 0.15) is 5.69 Å². The van der Waals surface area contributed by atoms with Crippen LogP contribution in [0.3, 0.4) is 0 Å². The lowest BCUT2D eigenvalue weighted by Crippen LogP contribution is -2.13. The first-order valence-electron chi connectivity index (χ1n) is 6.43. The molecule has 0 bridgehead atoms. The first-order valence-corrected chi connectivity index (χ1v) is 6.43. The molecule has 106 valence electrons. The standard InChI is InChI=1S/C15H19N3O2/c1-11-3-8-14(16)15(18-11)17-9-10-20-13-6-4-12(19-2)5-7-13/h3-8H,9-10,16H2,1-2H3,(H,17,18). The van der Waals surface area contributed by atoms with Crippen molar-refractivity contribution in [2.45, 2.75) is 6.92 Å². The molecule has 2 aromatic rings. The Bertz CT molecular complexity index is 556. The summed E-state index contributed by atoms with van der Waals surface area (Å²) in [4.78, 5) is 4.33. The highest BCUT2D eigenvalue weighted by Gasteiger charge is 2.00. The zero-order valence-electron chi connectivity index (χ0n) is 11.7. The molecule has 0 saturated carbocycles. The molecule has 0 aliphatic carbocycles. The summed E-state index contributed by atoms with van der Waals surface area (Å²) in [6, 6.07) is 11.2. The fourth-order valence-electron chi connectivity index (χ4n) is 1.72. The average molecular weight is 273 g/mol. The largest absolute Gasteiger partial charge is 0.497 e. The molecule has 0 unspecified atom stereocenters. The Hall–Kier alpha value is -2.43. The van der Waals surface area contributed by atoms with Crippen LogP contribution < -0.4 is 20.5 Å². The van der Waals surface area contributed by atoms with Gasteiger partial charge >= 0.3 is 0 Å². The number of ether oxygens (including phenoxy) is 2. The number of anilines is 2. The summed E-state index contributed by atoms with van der Waals surface area (Å²) in [5.74, 6) is 2.31. The number of aromatic nitrogens is 1. The van der Waals surface area contributed by atoms with Gasteiger partial charge in [0.15, 0.2) is 0 Å². The Morgan fingerprint density at radius 2 is 1.80 bits per heavy atom. The van der Waals surface area contributed by atoms with Crippen molar-refractivity contribution in [3.05, 3.63) is 42.1 Å². The summed E-state index contributed by atoms with van der Waals surface area (Å²) in [7, 11) is 1.64. The van der Waals surface area contributed by atoms with E-state index in [0.29, 0.717) is 24.7 Å². The van der Waals surface area contributed by atoms with Crippen LogP contribution in [0.2, 0.25) is 0 Å². The van der Waals surface area contributed by atoms with Crippen molar-refractivity contribution < 1.29 is 9.47 Å². The van der Waals surface area contributed by atoms with Crippen molar-refractivity contribution in [1.29, 1.82) is 0 Å². The Morgan fingerprint density at radius 3 is 2.50 bits per heavy atom. The van der Waals surface area contributed by atoms with Crippen molar-refractivity contribution in [2.75, 3.05) is 31.3 Å². The molecule has 20 heavy (non-hydrogen) atoms. The van der Waals surface area contributed by atoms with Crippen LogP contribution in [-0.4, -0.2) is 25.2 Å². The molecule has 3 N–H and O–H groups in total. The molecule has 0 atom stereocenters. The van der Waals surface area contributed by atoms with Gasteiger partial charge in [0, 0.05) is 5.69 Å². The molecule has 0 spiro atoms. The first-order chi connectivity index (χ1) is 9.69. The summed E-state index contributed by atoms with van der Waals surface area (Å²) in [6.45, 7) is 3.09. The van der Waals surface area contributed by atoms with Gasteiger partial charge < -0.3 is 20.5 Å². The fourth-order valence-corrected chi connectivity index (χ4v) is 1.72. The maximum atomic E-state index is 5.84. The van der Waals surface area contributed by atoms with Gasteiger partial charge in [-0.2, -0.15) is 0 Å². The quantitative estimate of drug-likeness (QED) is 0.791. The van der Waals surface area contributed by atoms with E-state index in [2.05, 4.69) is 10.3 Å². The number of nitrogen functional groups attached to an aromatic ring is 1. The number of nitrogens with one attached hydrogen (secondary N) is 1. The number of pyridine rings is 1. The third-order valence-corrected chi connectivity index (χ3v) is 2.79. The third kappa shape index (κ3) is 3.78. The highest BCUT2D eigenvalue weighted by atomic mass is 16.5. The number of hydrogen-bond donors (Lipinski definition) is 2. The van der Waals surface area contributed by atoms with E-state index >= 15 is 0 Å². The Labute approximate surface area is 118 Å². The lowest BCUT2D eigenvalue weighted by molar-refractivity contribution is 0.331. The molecule has 2 rings (SSSR count). The predicted octanol–water partition coefficient (Wildman–Crippen LogP) is 2.47. The normalized spacial score (nSPS) is 10.1. The van der Waals surface area contributed by atoms with E-state index in [9.17, 15) is 0 Å². The fraction of sp³-hybridized carbons (Fsp3) is 0.267. The molecule has 0 fully saturated rings. The minimum atomic E-state index is 0.529.